The number of hydrogen-bond donors (Lipinski definition) is 0. The van der Waals surface area contributed by atoms with E-state index in [0.29, 0.717) is 5.02 Å². The lowest BCUT2D eigenvalue weighted by Crippen LogP contribution is -1.99. The first kappa shape index (κ1) is 19.7. The van der Waals surface area contributed by atoms with Crippen LogP contribution in [0.4, 0.5) is 0 Å². The van der Waals surface area contributed by atoms with Crippen LogP contribution in [0.5, 0.6) is 0 Å². The van der Waals surface area contributed by atoms with Gasteiger partial charge in [0, 0.05) is 22.1 Å². The van der Waals surface area contributed by atoms with Crippen molar-refractivity contribution in [3.8, 4) is 38.9 Å². The van der Waals surface area contributed by atoms with Gasteiger partial charge in [0.15, 0.2) is 0 Å². The average molecular weight is 442 g/mol. The molecular weight excluding hydrogens is 422 g/mol. The molecule has 2 aromatic heterocycles. The van der Waals surface area contributed by atoms with E-state index in [9.17, 15) is 0 Å². The van der Waals surface area contributed by atoms with Gasteiger partial charge in [0.2, 0.25) is 5.13 Å². The van der Waals surface area contributed by atoms with Crippen LogP contribution in [0.3, 0.4) is 0 Å². The average Bonchev–Trinajstić information content (AvgIpc) is 3.41. The Labute approximate surface area is 190 Å². The second-order valence-electron chi connectivity index (χ2n) is 7.54. The van der Waals surface area contributed by atoms with Gasteiger partial charge < -0.3 is 0 Å². The third-order valence-electron chi connectivity index (χ3n) is 5.22. The van der Waals surface area contributed by atoms with Crippen molar-refractivity contribution in [3.05, 3.63) is 100 Å². The normalized spacial score (nSPS) is 11.1. The highest BCUT2D eigenvalue weighted by atomic mass is 35.5. The molecule has 5 heteroatoms. The van der Waals surface area contributed by atoms with E-state index in [2.05, 4.69) is 79.9 Å². The molecule has 0 radical (unpaired) electrons. The molecular formula is C26H20ClN3S. The maximum Gasteiger partial charge on any atom is 0.211 e. The maximum absolute atomic E-state index is 6.95. The summed E-state index contributed by atoms with van der Waals surface area (Å²) in [4.78, 5) is 4.88. The highest BCUT2D eigenvalue weighted by Crippen LogP contribution is 2.39. The van der Waals surface area contributed by atoms with Gasteiger partial charge in [-0.15, -0.1) is 11.3 Å². The van der Waals surface area contributed by atoms with Gasteiger partial charge in [0.1, 0.15) is 5.69 Å². The summed E-state index contributed by atoms with van der Waals surface area (Å²) in [7, 11) is 0. The molecule has 0 saturated heterocycles. The predicted octanol–water partition coefficient (Wildman–Crippen LogP) is 7.60. The fraction of sp³-hybridized carbons (Fsp3) is 0.0769. The van der Waals surface area contributed by atoms with Crippen LogP contribution in [-0.4, -0.2) is 14.8 Å². The number of hydrogen-bond acceptors (Lipinski definition) is 3. The summed E-state index contributed by atoms with van der Waals surface area (Å²) in [5, 5.41) is 8.39. The van der Waals surface area contributed by atoms with Crippen molar-refractivity contribution in [3.63, 3.8) is 0 Å². The lowest BCUT2D eigenvalue weighted by Gasteiger charge is -2.05. The molecule has 5 aromatic rings. The van der Waals surface area contributed by atoms with E-state index in [1.165, 1.54) is 11.1 Å². The molecule has 3 nitrogen and oxygen atoms in total. The van der Waals surface area contributed by atoms with E-state index in [0.717, 1.165) is 38.9 Å². The lowest BCUT2D eigenvalue weighted by molar-refractivity contribution is 0.881. The van der Waals surface area contributed by atoms with Crippen molar-refractivity contribution in [1.29, 1.82) is 0 Å². The van der Waals surface area contributed by atoms with Gasteiger partial charge in [0.05, 0.1) is 16.4 Å². The zero-order valence-corrected chi connectivity index (χ0v) is 18.8. The largest absolute Gasteiger partial charge is 0.218 e. The molecule has 0 aliphatic heterocycles. The quantitative estimate of drug-likeness (QED) is 0.287. The standard InChI is InChI=1S/C26H20ClN3S/c1-17-8-12-20(13-9-17)24-23(27)25(21-14-10-18(2)11-15-21)30(29-24)26-28-22(16-31-26)19-6-4-3-5-7-19/h3-16H,1-2H3. The highest BCUT2D eigenvalue weighted by Gasteiger charge is 2.22. The molecule has 0 N–H and O–H groups in total. The number of aromatic nitrogens is 3. The third kappa shape index (κ3) is 3.80. The van der Waals surface area contributed by atoms with Gasteiger partial charge in [-0.1, -0.05) is 102 Å². The third-order valence-corrected chi connectivity index (χ3v) is 6.39. The van der Waals surface area contributed by atoms with Gasteiger partial charge in [0.25, 0.3) is 0 Å². The highest BCUT2D eigenvalue weighted by molar-refractivity contribution is 7.12. The van der Waals surface area contributed by atoms with Crippen LogP contribution in [-0.2, 0) is 0 Å². The first-order valence-corrected chi connectivity index (χ1v) is 11.3. The molecule has 0 atom stereocenters. The number of halogens is 1. The molecule has 3 aromatic carbocycles. The molecule has 0 aliphatic carbocycles. The van der Waals surface area contributed by atoms with Crippen molar-refractivity contribution >= 4 is 22.9 Å². The Morgan fingerprint density at radius 2 is 1.35 bits per heavy atom. The van der Waals surface area contributed by atoms with E-state index < -0.39 is 0 Å². The van der Waals surface area contributed by atoms with Gasteiger partial charge in [-0.05, 0) is 13.8 Å². The first-order chi connectivity index (χ1) is 15.1. The van der Waals surface area contributed by atoms with Crippen LogP contribution in [0, 0.1) is 13.8 Å². The number of aryl methyl sites for hydroxylation is 2. The Morgan fingerprint density at radius 3 is 2.00 bits per heavy atom. The fourth-order valence-corrected chi connectivity index (χ4v) is 4.62. The van der Waals surface area contributed by atoms with Gasteiger partial charge >= 0.3 is 0 Å². The first-order valence-electron chi connectivity index (χ1n) is 10.0. The smallest absolute Gasteiger partial charge is 0.211 e. The molecule has 0 unspecified atom stereocenters. The molecule has 2 heterocycles. The van der Waals surface area contributed by atoms with E-state index in [4.69, 9.17) is 21.7 Å². The summed E-state index contributed by atoms with van der Waals surface area (Å²) >= 11 is 8.51. The molecule has 0 aliphatic rings. The fourth-order valence-electron chi connectivity index (χ4n) is 3.50. The Morgan fingerprint density at radius 1 is 0.742 bits per heavy atom. The summed E-state index contributed by atoms with van der Waals surface area (Å²) < 4.78 is 1.87. The summed E-state index contributed by atoms with van der Waals surface area (Å²) in [5.74, 6) is 0. The maximum atomic E-state index is 6.95. The molecule has 0 bridgehead atoms. The second kappa shape index (κ2) is 8.14. The van der Waals surface area contributed by atoms with Gasteiger partial charge in [-0.3, -0.25) is 0 Å². The van der Waals surface area contributed by atoms with Gasteiger partial charge in [-0.2, -0.15) is 5.10 Å². The van der Waals surface area contributed by atoms with E-state index in [1.807, 2.05) is 22.9 Å². The number of benzene rings is 3. The molecule has 0 fully saturated rings. The Bertz CT molecular complexity index is 1330. The molecule has 31 heavy (non-hydrogen) atoms. The monoisotopic (exact) mass is 441 g/mol. The summed E-state index contributed by atoms with van der Waals surface area (Å²) in [5.41, 5.74) is 8.02. The number of nitrogens with zero attached hydrogens (tertiary/aromatic N) is 3. The molecule has 5 rings (SSSR count). The second-order valence-corrected chi connectivity index (χ2v) is 8.75. The topological polar surface area (TPSA) is 30.7 Å². The van der Waals surface area contributed by atoms with Crippen molar-refractivity contribution in [2.75, 3.05) is 0 Å². The van der Waals surface area contributed by atoms with Crippen molar-refractivity contribution in [2.45, 2.75) is 13.8 Å². The SMILES string of the molecule is Cc1ccc(-c2nn(-c3nc(-c4ccccc4)cs3)c(-c3ccc(C)cc3)c2Cl)cc1. The Hall–Kier alpha value is -3.21. The minimum Gasteiger partial charge on any atom is -0.218 e. The Balaban J connectivity index is 1.69. The van der Waals surface area contributed by atoms with Crippen LogP contribution in [0.15, 0.2) is 84.2 Å². The molecule has 0 saturated carbocycles. The minimum atomic E-state index is 0.629. The molecule has 152 valence electrons. The summed E-state index contributed by atoms with van der Waals surface area (Å²) in [6.07, 6.45) is 0. The van der Waals surface area contributed by atoms with Crippen LogP contribution < -0.4 is 0 Å². The lowest BCUT2D eigenvalue weighted by atomic mass is 10.1. The van der Waals surface area contributed by atoms with Crippen LogP contribution in [0.25, 0.3) is 38.9 Å². The minimum absolute atomic E-state index is 0.629. The predicted molar refractivity (Wildman–Crippen MR) is 130 cm³/mol. The van der Waals surface area contributed by atoms with E-state index in [1.54, 1.807) is 11.3 Å². The van der Waals surface area contributed by atoms with Gasteiger partial charge in [-0.25, -0.2) is 9.67 Å². The van der Waals surface area contributed by atoms with E-state index >= 15 is 0 Å². The zero-order chi connectivity index (χ0) is 21.4. The zero-order valence-electron chi connectivity index (χ0n) is 17.2. The van der Waals surface area contributed by atoms with Crippen LogP contribution in [0.1, 0.15) is 11.1 Å². The molecule has 0 amide bonds. The molecule has 0 spiro atoms. The van der Waals surface area contributed by atoms with Crippen molar-refractivity contribution < 1.29 is 0 Å². The van der Waals surface area contributed by atoms with Crippen molar-refractivity contribution in [2.24, 2.45) is 0 Å². The van der Waals surface area contributed by atoms with Crippen LogP contribution in [0.2, 0.25) is 5.02 Å². The van der Waals surface area contributed by atoms with E-state index in [-0.39, 0.29) is 0 Å². The summed E-state index contributed by atoms with van der Waals surface area (Å²) in [6.45, 7) is 4.15. The van der Waals surface area contributed by atoms with Crippen LogP contribution >= 0.6 is 22.9 Å². The Kier molecular flexibility index (Phi) is 5.18. The summed E-state index contributed by atoms with van der Waals surface area (Å²) in [6, 6.07) is 26.8. The van der Waals surface area contributed by atoms with Crippen molar-refractivity contribution in [1.82, 2.24) is 14.8 Å². The number of thiazole rings is 1. The number of rotatable bonds is 4.